The van der Waals surface area contributed by atoms with Crippen molar-refractivity contribution in [1.82, 2.24) is 0 Å². The van der Waals surface area contributed by atoms with Crippen LogP contribution in [0.5, 0.6) is 0 Å². The number of benzene rings is 4. The first-order valence-electron chi connectivity index (χ1n) is 8.63. The van der Waals surface area contributed by atoms with Gasteiger partial charge in [0.2, 0.25) is 0 Å². The van der Waals surface area contributed by atoms with Gasteiger partial charge < -0.3 is 0 Å². The topological polar surface area (TPSA) is 34.1 Å². The zero-order chi connectivity index (χ0) is 17.4. The molecule has 0 aliphatic heterocycles. The van der Waals surface area contributed by atoms with Gasteiger partial charge >= 0.3 is 0 Å². The van der Waals surface area contributed by atoms with Crippen LogP contribution in [-0.4, -0.2) is 0 Å². The second-order valence-corrected chi connectivity index (χ2v) is 6.86. The highest BCUT2D eigenvalue weighted by Gasteiger charge is 2.17. The standard InChI is InChI=1S/C24H12O2/c25-23-17-8-4-3-7-15(17)18-11-19-16-10-9-13-5-1-2-6-14(13)22(16)24(26)21(19)12-20(18)23/h1-12H. The molecule has 0 atom stereocenters. The largest absolute Gasteiger partial charge is 0.289 e. The molecule has 0 heterocycles. The molecular weight excluding hydrogens is 320 g/mol. The minimum atomic E-state index is 0.00649. The molecular formula is C24H12O2. The second-order valence-electron chi connectivity index (χ2n) is 6.86. The number of rotatable bonds is 0. The predicted molar refractivity (Wildman–Crippen MR) is 109 cm³/mol. The van der Waals surface area contributed by atoms with Crippen molar-refractivity contribution in [2.45, 2.75) is 0 Å². The Morgan fingerprint density at radius 1 is 0.423 bits per heavy atom. The Labute approximate surface area is 147 Å². The van der Waals surface area contributed by atoms with Crippen molar-refractivity contribution < 1.29 is 0 Å². The molecule has 0 saturated heterocycles. The van der Waals surface area contributed by atoms with E-state index < -0.39 is 0 Å². The van der Waals surface area contributed by atoms with Gasteiger partial charge in [-0.25, -0.2) is 0 Å². The van der Waals surface area contributed by atoms with E-state index in [4.69, 9.17) is 0 Å². The van der Waals surface area contributed by atoms with E-state index >= 15 is 0 Å². The monoisotopic (exact) mass is 332 g/mol. The third-order valence-electron chi connectivity index (χ3n) is 5.56. The molecule has 0 aromatic heterocycles. The van der Waals surface area contributed by atoms with E-state index in [0.29, 0.717) is 10.8 Å². The maximum atomic E-state index is 13.2. The zero-order valence-electron chi connectivity index (χ0n) is 13.7. The molecule has 120 valence electrons. The molecule has 0 aliphatic carbocycles. The van der Waals surface area contributed by atoms with Gasteiger partial charge in [-0.2, -0.15) is 0 Å². The van der Waals surface area contributed by atoms with E-state index in [1.165, 1.54) is 0 Å². The van der Waals surface area contributed by atoms with Crippen LogP contribution in [0, 0.1) is 0 Å². The number of hydrogen-bond acceptors (Lipinski definition) is 2. The van der Waals surface area contributed by atoms with Crippen LogP contribution in [0.1, 0.15) is 0 Å². The summed E-state index contributed by atoms with van der Waals surface area (Å²) >= 11 is 0. The van der Waals surface area contributed by atoms with Gasteiger partial charge in [0.15, 0.2) is 10.9 Å². The molecule has 2 heteroatoms. The molecule has 0 fully saturated rings. The van der Waals surface area contributed by atoms with Gasteiger partial charge in [0.25, 0.3) is 0 Å². The Balaban J connectivity index is 1.93. The molecule has 6 rings (SSSR count). The van der Waals surface area contributed by atoms with Crippen molar-refractivity contribution in [2.24, 2.45) is 0 Å². The van der Waals surface area contributed by atoms with E-state index in [9.17, 15) is 9.59 Å². The molecule has 6 aromatic carbocycles. The fourth-order valence-electron chi connectivity index (χ4n) is 4.36. The minimum absolute atomic E-state index is 0.00649. The normalized spacial score (nSPS) is 12.2. The highest BCUT2D eigenvalue weighted by molar-refractivity contribution is 6.25. The summed E-state index contributed by atoms with van der Waals surface area (Å²) < 4.78 is 0. The van der Waals surface area contributed by atoms with Gasteiger partial charge in [-0.1, -0.05) is 60.7 Å². The van der Waals surface area contributed by atoms with Crippen LogP contribution in [0.25, 0.3) is 53.9 Å². The van der Waals surface area contributed by atoms with Crippen molar-refractivity contribution in [3.05, 3.63) is 93.2 Å². The zero-order valence-corrected chi connectivity index (χ0v) is 13.7. The fraction of sp³-hybridized carbons (Fsp3) is 0. The van der Waals surface area contributed by atoms with E-state index in [1.807, 2.05) is 60.7 Å². The molecule has 0 bridgehead atoms. The summed E-state index contributed by atoms with van der Waals surface area (Å²) in [6.07, 6.45) is 0. The summed E-state index contributed by atoms with van der Waals surface area (Å²) in [4.78, 5) is 25.9. The molecule has 0 saturated carbocycles. The summed E-state index contributed by atoms with van der Waals surface area (Å²) in [7, 11) is 0. The molecule has 0 amide bonds. The van der Waals surface area contributed by atoms with Crippen molar-refractivity contribution in [3.8, 4) is 0 Å². The third-order valence-corrected chi connectivity index (χ3v) is 5.56. The van der Waals surface area contributed by atoms with Crippen molar-refractivity contribution >= 4 is 53.9 Å². The average molecular weight is 332 g/mol. The Hall–Kier alpha value is -3.52. The van der Waals surface area contributed by atoms with Crippen LogP contribution in [0.4, 0.5) is 0 Å². The second kappa shape index (κ2) is 4.55. The van der Waals surface area contributed by atoms with Crippen LogP contribution in [-0.2, 0) is 0 Å². The van der Waals surface area contributed by atoms with Gasteiger partial charge in [-0.3, -0.25) is 9.59 Å². The highest BCUT2D eigenvalue weighted by atomic mass is 16.1. The summed E-state index contributed by atoms with van der Waals surface area (Å²) in [5.41, 5.74) is 0.0189. The van der Waals surface area contributed by atoms with Crippen LogP contribution >= 0.6 is 0 Å². The SMILES string of the molecule is O=c1c2ccccc2c2cc3c(cc12)c(=O)c1c2ccccc2ccc31. The molecule has 0 aliphatic rings. The quantitative estimate of drug-likeness (QED) is 0.390. The van der Waals surface area contributed by atoms with Crippen LogP contribution in [0.3, 0.4) is 0 Å². The Morgan fingerprint density at radius 2 is 1.04 bits per heavy atom. The summed E-state index contributed by atoms with van der Waals surface area (Å²) in [5, 5.41) is 8.54. The van der Waals surface area contributed by atoms with Gasteiger partial charge in [0.1, 0.15) is 0 Å². The highest BCUT2D eigenvalue weighted by Crippen LogP contribution is 2.34. The van der Waals surface area contributed by atoms with Crippen molar-refractivity contribution in [1.29, 1.82) is 0 Å². The van der Waals surface area contributed by atoms with Gasteiger partial charge in [0, 0.05) is 21.5 Å². The van der Waals surface area contributed by atoms with Crippen LogP contribution in [0.15, 0.2) is 82.4 Å². The molecule has 26 heavy (non-hydrogen) atoms. The fourth-order valence-corrected chi connectivity index (χ4v) is 4.36. The molecule has 0 N–H and O–H groups in total. The summed E-state index contributed by atoms with van der Waals surface area (Å²) in [6, 6.07) is 23.5. The van der Waals surface area contributed by atoms with Gasteiger partial charge in [-0.05, 0) is 44.5 Å². The first-order chi connectivity index (χ1) is 12.7. The first kappa shape index (κ1) is 13.7. The molecule has 6 aromatic rings. The minimum Gasteiger partial charge on any atom is -0.289 e. The van der Waals surface area contributed by atoms with E-state index in [0.717, 1.165) is 43.1 Å². The average Bonchev–Trinajstić information content (AvgIpc) is 3.13. The third kappa shape index (κ3) is 1.52. The lowest BCUT2D eigenvalue weighted by Crippen LogP contribution is -1.97. The van der Waals surface area contributed by atoms with Gasteiger partial charge in [-0.15, -0.1) is 0 Å². The lowest BCUT2D eigenvalue weighted by atomic mass is 10.0. The molecule has 0 unspecified atom stereocenters. The molecule has 0 spiro atoms. The van der Waals surface area contributed by atoms with Crippen molar-refractivity contribution in [3.63, 3.8) is 0 Å². The van der Waals surface area contributed by atoms with Crippen molar-refractivity contribution in [2.75, 3.05) is 0 Å². The maximum absolute atomic E-state index is 13.2. The van der Waals surface area contributed by atoms with E-state index in [2.05, 4.69) is 6.07 Å². The molecule has 2 nitrogen and oxygen atoms in total. The van der Waals surface area contributed by atoms with E-state index in [-0.39, 0.29) is 10.9 Å². The Bertz CT molecular complexity index is 1610. The smallest absolute Gasteiger partial charge is 0.194 e. The van der Waals surface area contributed by atoms with Crippen LogP contribution < -0.4 is 10.9 Å². The number of hydrogen-bond donors (Lipinski definition) is 0. The lowest BCUT2D eigenvalue weighted by Gasteiger charge is -1.99. The Morgan fingerprint density at radius 3 is 1.88 bits per heavy atom. The summed E-state index contributed by atoms with van der Waals surface area (Å²) in [5.74, 6) is 0. The predicted octanol–water partition coefficient (Wildman–Crippen LogP) is 5.05. The maximum Gasteiger partial charge on any atom is 0.194 e. The molecule has 0 radical (unpaired) electrons. The first-order valence-corrected chi connectivity index (χ1v) is 8.63. The summed E-state index contributed by atoms with van der Waals surface area (Å²) in [6.45, 7) is 0. The number of fused-ring (bicyclic) bond motifs is 8. The van der Waals surface area contributed by atoms with Gasteiger partial charge in [0.05, 0.1) is 0 Å². The Kier molecular flexibility index (Phi) is 2.41. The lowest BCUT2D eigenvalue weighted by molar-refractivity contribution is 1.79. The van der Waals surface area contributed by atoms with E-state index in [1.54, 1.807) is 6.07 Å². The van der Waals surface area contributed by atoms with Crippen LogP contribution in [0.2, 0.25) is 0 Å².